The molecule has 67 heavy (non-hydrogen) atoms. The first-order chi connectivity index (χ1) is 32.9. The topological polar surface area (TPSA) is 8.17 Å². The van der Waals surface area contributed by atoms with Crippen LogP contribution < -0.4 is 15.7 Å². The average Bonchev–Trinajstić information content (AvgIpc) is 3.82. The molecular weight excluding hydrogens is 808 g/mol. The number of para-hydroxylation sites is 2. The fraction of sp³-hybridized carbons (Fsp3) is 0.344. The van der Waals surface area contributed by atoms with Crippen molar-refractivity contribution < 1.29 is 0 Å². The lowest BCUT2D eigenvalue weighted by molar-refractivity contribution is -0.00526. The summed E-state index contributed by atoms with van der Waals surface area (Å²) in [6.45, 7) is 2.40. The molecule has 8 aromatic rings. The molecule has 8 saturated carbocycles. The predicted octanol–water partition coefficient (Wildman–Crippen LogP) is 13.9. The van der Waals surface area contributed by atoms with Crippen molar-refractivity contribution in [2.24, 2.45) is 35.5 Å². The predicted molar refractivity (Wildman–Crippen MR) is 275 cm³/mol. The lowest BCUT2D eigenvalue weighted by Crippen LogP contribution is -2.62. The summed E-state index contributed by atoms with van der Waals surface area (Å²) in [5.74, 6) is 5.47. The molecular formula is C64H55BN2. The number of fused-ring (bicyclic) bond motifs is 16. The molecule has 8 fully saturated rings. The van der Waals surface area contributed by atoms with Gasteiger partial charge in [-0.05, 0) is 227 Å². The van der Waals surface area contributed by atoms with E-state index in [9.17, 15) is 0 Å². The molecule has 0 N–H and O–H groups in total. The van der Waals surface area contributed by atoms with Gasteiger partial charge >= 0.3 is 6.85 Å². The number of hydrogen-bond donors (Lipinski definition) is 0. The molecule has 0 unspecified atom stereocenters. The zero-order valence-electron chi connectivity index (χ0n) is 38.6. The summed E-state index contributed by atoms with van der Waals surface area (Å²) in [6.07, 6.45) is 17.3. The SMILES string of the molecule is Cc1cc2c3c(c1)-n1c4ccc(C56CC7CC(CC(C7)C5)C6)cc4c4cc(C56CC7CC(CC(C7)C5)C6)cc(c41)B3N1c3ccccc3C3(c4ccccc4-c4ccccc43)c3cccc-2c31. The van der Waals surface area contributed by atoms with E-state index >= 15 is 0 Å². The third kappa shape index (κ3) is 4.21. The maximum Gasteiger partial charge on any atom is 0.333 e. The number of aromatic nitrogens is 1. The molecule has 4 heterocycles. The van der Waals surface area contributed by atoms with Crippen LogP contribution in [0.4, 0.5) is 11.4 Å². The zero-order chi connectivity index (χ0) is 43.3. The van der Waals surface area contributed by atoms with Crippen LogP contribution in [0.5, 0.6) is 0 Å². The monoisotopic (exact) mass is 862 g/mol. The number of aryl methyl sites for hydroxylation is 1. The molecule has 3 aliphatic heterocycles. The van der Waals surface area contributed by atoms with Gasteiger partial charge in [0.1, 0.15) is 0 Å². The Morgan fingerprint density at radius 3 is 1.67 bits per heavy atom. The summed E-state index contributed by atoms with van der Waals surface area (Å²) in [5.41, 5.74) is 26.2. The molecule has 2 nitrogen and oxygen atoms in total. The first-order valence-electron chi connectivity index (χ1n) is 26.4. The van der Waals surface area contributed by atoms with Crippen LogP contribution in [0.3, 0.4) is 0 Å². The molecule has 0 saturated heterocycles. The first-order valence-corrected chi connectivity index (χ1v) is 26.4. The fourth-order valence-electron chi connectivity index (χ4n) is 19.8. The number of hydrogen-bond acceptors (Lipinski definition) is 1. The van der Waals surface area contributed by atoms with Crippen LogP contribution in [0, 0.1) is 42.4 Å². The van der Waals surface area contributed by atoms with Crippen molar-refractivity contribution in [3.8, 4) is 27.9 Å². The van der Waals surface area contributed by atoms with E-state index in [-0.39, 0.29) is 12.3 Å². The van der Waals surface area contributed by atoms with Gasteiger partial charge < -0.3 is 9.38 Å². The molecule has 0 atom stereocenters. The average molecular weight is 863 g/mol. The van der Waals surface area contributed by atoms with E-state index in [1.807, 2.05) is 0 Å². The van der Waals surface area contributed by atoms with E-state index in [2.05, 4.69) is 150 Å². The standard InChI is InChI=1S/C64H55BN2/c1-36-19-49-47-11-8-15-54-60(47)67(57-16-7-6-14-53(57)64(54)51-12-4-2-9-45(51)46-10-3-5-13-52(46)64)65-55-29-44(63-33-40-24-41(34-63)26-42(25-40)35-63)28-50-48-27-43(62-30-37-21-38(31-62)23-39(22-37)32-62)17-18-56(48)66(61(50)55)58(20-36)59(49)65/h2-20,27-29,37-42H,21-26,30-35H2,1H3. The second-order valence-electron chi connectivity index (χ2n) is 24.5. The van der Waals surface area contributed by atoms with Crippen LogP contribution in [-0.2, 0) is 16.2 Å². The highest BCUT2D eigenvalue weighted by atomic mass is 15.1. The van der Waals surface area contributed by atoms with Crippen LogP contribution in [-0.4, -0.2) is 11.4 Å². The van der Waals surface area contributed by atoms with Gasteiger partial charge in [0.2, 0.25) is 0 Å². The molecule has 1 spiro atoms. The van der Waals surface area contributed by atoms with Crippen molar-refractivity contribution in [3.05, 3.63) is 172 Å². The second-order valence-corrected chi connectivity index (χ2v) is 24.5. The summed E-state index contributed by atoms with van der Waals surface area (Å²) in [4.78, 5) is 2.89. The van der Waals surface area contributed by atoms with Gasteiger partial charge in [-0.2, -0.15) is 0 Å². The first kappa shape index (κ1) is 36.3. The maximum absolute atomic E-state index is 2.89. The largest absolute Gasteiger partial charge is 0.376 e. The van der Waals surface area contributed by atoms with E-state index in [0.717, 1.165) is 35.5 Å². The number of rotatable bonds is 2. The number of nitrogens with zero attached hydrogens (tertiary/aromatic N) is 2. The summed E-state index contributed by atoms with van der Waals surface area (Å²) in [5, 5.41) is 3.04. The van der Waals surface area contributed by atoms with Crippen LogP contribution >= 0.6 is 0 Å². The quantitative estimate of drug-likeness (QED) is 0.157. The van der Waals surface area contributed by atoms with Gasteiger partial charge in [0, 0.05) is 33.4 Å². The number of anilines is 2. The van der Waals surface area contributed by atoms with E-state index in [0.29, 0.717) is 5.41 Å². The molecule has 12 aliphatic rings. The molecule has 1 aromatic heterocycles. The van der Waals surface area contributed by atoms with Gasteiger partial charge in [0.05, 0.1) is 16.4 Å². The van der Waals surface area contributed by atoms with Crippen LogP contribution in [0.2, 0.25) is 0 Å². The summed E-state index contributed by atoms with van der Waals surface area (Å²) in [6, 6.07) is 54.4. The van der Waals surface area contributed by atoms with Crippen molar-refractivity contribution in [1.29, 1.82) is 0 Å². The fourth-order valence-corrected chi connectivity index (χ4v) is 19.8. The third-order valence-corrected chi connectivity index (χ3v) is 21.1. The highest BCUT2D eigenvalue weighted by Crippen LogP contribution is 2.66. The van der Waals surface area contributed by atoms with E-state index in [1.165, 1.54) is 177 Å². The second kappa shape index (κ2) is 11.9. The van der Waals surface area contributed by atoms with Crippen molar-refractivity contribution in [2.45, 2.75) is 100 Å². The van der Waals surface area contributed by atoms with Gasteiger partial charge in [-0.1, -0.05) is 103 Å². The normalized spacial score (nSPS) is 30.5. The molecule has 20 rings (SSSR count). The van der Waals surface area contributed by atoms with Crippen LogP contribution in [0.1, 0.15) is 116 Å². The number of benzene rings is 7. The van der Waals surface area contributed by atoms with Gasteiger partial charge in [0.25, 0.3) is 0 Å². The molecule has 324 valence electrons. The van der Waals surface area contributed by atoms with E-state index in [1.54, 1.807) is 11.1 Å². The maximum atomic E-state index is 2.89. The van der Waals surface area contributed by atoms with E-state index in [4.69, 9.17) is 0 Å². The minimum absolute atomic E-state index is 0.0421. The van der Waals surface area contributed by atoms with Crippen molar-refractivity contribution >= 4 is 51.0 Å². The van der Waals surface area contributed by atoms with Crippen molar-refractivity contribution in [2.75, 3.05) is 4.81 Å². The Morgan fingerprint density at radius 2 is 1.01 bits per heavy atom. The van der Waals surface area contributed by atoms with Crippen LogP contribution in [0.25, 0.3) is 49.7 Å². The Labute approximate surface area is 394 Å². The lowest BCUT2D eigenvalue weighted by atomic mass is 9.41. The van der Waals surface area contributed by atoms with Gasteiger partial charge in [0.15, 0.2) is 0 Å². The molecule has 0 amide bonds. The smallest absolute Gasteiger partial charge is 0.333 e. The highest BCUT2D eigenvalue weighted by molar-refractivity contribution is 6.93. The van der Waals surface area contributed by atoms with Crippen LogP contribution in [0.15, 0.2) is 133 Å². The molecule has 9 aliphatic carbocycles. The zero-order valence-corrected chi connectivity index (χ0v) is 38.6. The third-order valence-electron chi connectivity index (χ3n) is 21.1. The molecule has 0 radical (unpaired) electrons. The molecule has 3 heteroatoms. The Bertz CT molecular complexity index is 3490. The Morgan fingerprint density at radius 1 is 0.463 bits per heavy atom. The molecule has 8 bridgehead atoms. The van der Waals surface area contributed by atoms with Crippen molar-refractivity contribution in [1.82, 2.24) is 4.57 Å². The Kier molecular flexibility index (Phi) is 6.44. The van der Waals surface area contributed by atoms with E-state index < -0.39 is 5.41 Å². The van der Waals surface area contributed by atoms with Crippen molar-refractivity contribution in [3.63, 3.8) is 0 Å². The lowest BCUT2D eigenvalue weighted by Gasteiger charge is -2.57. The summed E-state index contributed by atoms with van der Waals surface area (Å²) >= 11 is 0. The summed E-state index contributed by atoms with van der Waals surface area (Å²) in [7, 11) is 0. The summed E-state index contributed by atoms with van der Waals surface area (Å²) < 4.78 is 2.78. The molecule has 7 aromatic carbocycles. The minimum Gasteiger partial charge on any atom is -0.376 e. The Balaban J connectivity index is 0.960. The van der Waals surface area contributed by atoms with Gasteiger partial charge in [-0.15, -0.1) is 0 Å². The minimum atomic E-state index is -0.427. The highest BCUT2D eigenvalue weighted by Gasteiger charge is 2.58. The van der Waals surface area contributed by atoms with Gasteiger partial charge in [-0.3, -0.25) is 0 Å². The van der Waals surface area contributed by atoms with Gasteiger partial charge in [-0.25, -0.2) is 0 Å². The Hall–Kier alpha value is -5.80.